The maximum Gasteiger partial charge on any atom is 0.264 e. The van der Waals surface area contributed by atoms with Gasteiger partial charge in [0.15, 0.2) is 17.1 Å². The fourth-order valence-corrected chi connectivity index (χ4v) is 3.83. The zero-order valence-electron chi connectivity index (χ0n) is 14.7. The Labute approximate surface area is 170 Å². The van der Waals surface area contributed by atoms with Gasteiger partial charge in [-0.25, -0.2) is 4.39 Å². The van der Waals surface area contributed by atoms with Crippen molar-refractivity contribution in [2.45, 2.75) is 19.1 Å². The van der Waals surface area contributed by atoms with Crippen molar-refractivity contribution < 1.29 is 18.4 Å². The molecule has 0 N–H and O–H groups in total. The van der Waals surface area contributed by atoms with Crippen molar-refractivity contribution in [2.75, 3.05) is 6.54 Å². The van der Waals surface area contributed by atoms with E-state index < -0.39 is 0 Å². The molecule has 3 heterocycles. The van der Waals surface area contributed by atoms with Crippen molar-refractivity contribution in [1.82, 2.24) is 4.90 Å². The molecule has 144 valence electrons. The number of amides is 1. The van der Waals surface area contributed by atoms with Gasteiger partial charge in [0.1, 0.15) is 11.5 Å². The number of nitrogens with zero attached hydrogens (tertiary/aromatic N) is 2. The summed E-state index contributed by atoms with van der Waals surface area (Å²) < 4.78 is 19.5. The molecule has 3 aromatic rings. The Balaban J connectivity index is 1.50. The van der Waals surface area contributed by atoms with Crippen LogP contribution in [0.25, 0.3) is 0 Å². The van der Waals surface area contributed by atoms with E-state index in [1.807, 2.05) is 11.4 Å². The Morgan fingerprint density at radius 3 is 2.82 bits per heavy atom. The molecule has 0 bridgehead atoms. The van der Waals surface area contributed by atoms with Gasteiger partial charge in [-0.3, -0.25) is 4.79 Å². The lowest BCUT2D eigenvalue weighted by Crippen LogP contribution is -2.37. The van der Waals surface area contributed by atoms with Crippen LogP contribution in [0.3, 0.4) is 0 Å². The standard InChI is InChI=1S/C20H16ClFN2O3S/c21-19-8-7-17(26-19)16-10-14(27-23-16)12-24(20(25)18-6-3-9-28-18)11-13-4-1-2-5-15(13)22/h1-9,14H,10-12H2. The average molecular weight is 419 g/mol. The Morgan fingerprint density at radius 2 is 2.11 bits per heavy atom. The minimum atomic E-state index is -0.352. The molecule has 0 radical (unpaired) electrons. The summed E-state index contributed by atoms with van der Waals surface area (Å²) in [6.07, 6.45) is 0.115. The monoisotopic (exact) mass is 418 g/mol. The quantitative estimate of drug-likeness (QED) is 0.568. The molecule has 1 amide bonds. The van der Waals surface area contributed by atoms with Gasteiger partial charge in [0.2, 0.25) is 0 Å². The van der Waals surface area contributed by atoms with E-state index in [9.17, 15) is 9.18 Å². The summed E-state index contributed by atoms with van der Waals surface area (Å²) in [6, 6.07) is 13.4. The van der Waals surface area contributed by atoms with Crippen LogP contribution < -0.4 is 0 Å². The Kier molecular flexibility index (Phi) is 5.45. The zero-order chi connectivity index (χ0) is 19.5. The number of carbonyl (C=O) groups excluding carboxylic acids is 1. The van der Waals surface area contributed by atoms with Crippen molar-refractivity contribution in [3.63, 3.8) is 0 Å². The lowest BCUT2D eigenvalue weighted by atomic mass is 10.1. The van der Waals surface area contributed by atoms with Crippen molar-refractivity contribution in [3.05, 3.63) is 81.1 Å². The minimum Gasteiger partial charge on any atom is -0.443 e. The van der Waals surface area contributed by atoms with Crippen LogP contribution in [0.1, 0.15) is 27.4 Å². The smallest absolute Gasteiger partial charge is 0.264 e. The van der Waals surface area contributed by atoms with Gasteiger partial charge in [-0.1, -0.05) is 29.4 Å². The number of rotatable bonds is 6. The van der Waals surface area contributed by atoms with Gasteiger partial charge in [0, 0.05) is 18.5 Å². The van der Waals surface area contributed by atoms with Crippen LogP contribution in [0, 0.1) is 5.82 Å². The number of benzene rings is 1. The number of thiophene rings is 1. The van der Waals surface area contributed by atoms with Crippen molar-refractivity contribution in [2.24, 2.45) is 5.16 Å². The third-order valence-electron chi connectivity index (χ3n) is 4.35. The number of hydrogen-bond donors (Lipinski definition) is 0. The molecule has 5 nitrogen and oxygen atoms in total. The molecule has 1 atom stereocenters. The summed E-state index contributed by atoms with van der Waals surface area (Å²) in [4.78, 5) is 20.6. The highest BCUT2D eigenvalue weighted by Crippen LogP contribution is 2.23. The largest absolute Gasteiger partial charge is 0.443 e. The van der Waals surface area contributed by atoms with E-state index in [2.05, 4.69) is 5.16 Å². The molecule has 28 heavy (non-hydrogen) atoms. The summed E-state index contributed by atoms with van der Waals surface area (Å²) >= 11 is 7.16. The molecular formula is C20H16ClFN2O3S. The highest BCUT2D eigenvalue weighted by atomic mass is 35.5. The van der Waals surface area contributed by atoms with Gasteiger partial charge >= 0.3 is 0 Å². The van der Waals surface area contributed by atoms with Crippen molar-refractivity contribution in [1.29, 1.82) is 0 Å². The highest BCUT2D eigenvalue weighted by molar-refractivity contribution is 7.12. The van der Waals surface area contributed by atoms with Crippen LogP contribution in [0.2, 0.25) is 5.22 Å². The average Bonchev–Trinajstić information content (AvgIpc) is 3.44. The normalized spacial score (nSPS) is 15.9. The van der Waals surface area contributed by atoms with Gasteiger partial charge < -0.3 is 14.2 Å². The molecule has 1 aromatic carbocycles. The van der Waals surface area contributed by atoms with E-state index in [-0.39, 0.29) is 36.1 Å². The number of furan rings is 1. The van der Waals surface area contributed by atoms with E-state index in [1.165, 1.54) is 17.4 Å². The molecule has 1 aliphatic heterocycles. The predicted octanol–water partition coefficient (Wildman–Crippen LogP) is 4.97. The molecule has 0 aliphatic carbocycles. The highest BCUT2D eigenvalue weighted by Gasteiger charge is 2.29. The predicted molar refractivity (Wildman–Crippen MR) is 105 cm³/mol. The third-order valence-corrected chi connectivity index (χ3v) is 5.41. The topological polar surface area (TPSA) is 55.0 Å². The second-order valence-electron chi connectivity index (χ2n) is 6.33. The van der Waals surface area contributed by atoms with Gasteiger partial charge in [-0.05, 0) is 41.2 Å². The number of oxime groups is 1. The van der Waals surface area contributed by atoms with Gasteiger partial charge in [-0.2, -0.15) is 0 Å². The maximum atomic E-state index is 14.1. The molecule has 2 aromatic heterocycles. The molecule has 0 spiro atoms. The lowest BCUT2D eigenvalue weighted by molar-refractivity contribution is 0.0406. The molecule has 1 unspecified atom stereocenters. The van der Waals surface area contributed by atoms with Gasteiger partial charge in [-0.15, -0.1) is 11.3 Å². The van der Waals surface area contributed by atoms with Gasteiger partial charge in [0.25, 0.3) is 5.91 Å². The fourth-order valence-electron chi connectivity index (χ4n) is 2.99. The van der Waals surface area contributed by atoms with Crippen LogP contribution in [0.15, 0.2) is 63.5 Å². The summed E-state index contributed by atoms with van der Waals surface area (Å²) in [5.74, 6) is 0.0232. The molecule has 0 saturated heterocycles. The lowest BCUT2D eigenvalue weighted by Gasteiger charge is -2.24. The van der Waals surface area contributed by atoms with E-state index in [0.717, 1.165) is 0 Å². The van der Waals surface area contributed by atoms with Crippen molar-refractivity contribution in [3.8, 4) is 0 Å². The van der Waals surface area contributed by atoms with E-state index in [4.69, 9.17) is 20.9 Å². The summed E-state index contributed by atoms with van der Waals surface area (Å²) in [6.45, 7) is 0.414. The van der Waals surface area contributed by atoms with Crippen LogP contribution in [-0.2, 0) is 11.4 Å². The van der Waals surface area contributed by atoms with Crippen LogP contribution in [-0.4, -0.2) is 29.2 Å². The number of hydrogen-bond acceptors (Lipinski definition) is 5. The van der Waals surface area contributed by atoms with Crippen LogP contribution in [0.4, 0.5) is 4.39 Å². The molecule has 8 heteroatoms. The Bertz CT molecular complexity index is 1000. The zero-order valence-corrected chi connectivity index (χ0v) is 16.3. The summed E-state index contributed by atoms with van der Waals surface area (Å²) in [5.41, 5.74) is 1.08. The van der Waals surface area contributed by atoms with E-state index in [1.54, 1.807) is 41.3 Å². The minimum absolute atomic E-state index is 0.144. The van der Waals surface area contributed by atoms with Crippen LogP contribution in [0.5, 0.6) is 0 Å². The molecule has 0 saturated carbocycles. The SMILES string of the molecule is O=C(c1cccs1)N(Cc1ccccc1F)CC1CC(c2ccc(Cl)o2)=NO1. The number of halogens is 2. The second-order valence-corrected chi connectivity index (χ2v) is 7.65. The first-order valence-corrected chi connectivity index (χ1v) is 9.90. The Morgan fingerprint density at radius 1 is 1.25 bits per heavy atom. The molecule has 4 rings (SSSR count). The molecule has 0 fully saturated rings. The Hall–Kier alpha value is -2.64. The van der Waals surface area contributed by atoms with E-state index >= 15 is 0 Å². The summed E-state index contributed by atoms with van der Waals surface area (Å²) in [7, 11) is 0. The van der Waals surface area contributed by atoms with E-state index in [0.29, 0.717) is 28.3 Å². The fraction of sp³-hybridized carbons (Fsp3) is 0.200. The summed E-state index contributed by atoms with van der Waals surface area (Å²) in [5, 5.41) is 6.16. The first-order valence-electron chi connectivity index (χ1n) is 8.65. The van der Waals surface area contributed by atoms with Crippen LogP contribution >= 0.6 is 22.9 Å². The first-order chi connectivity index (χ1) is 13.6. The first kappa shape index (κ1) is 18.7. The molecule has 1 aliphatic rings. The van der Waals surface area contributed by atoms with Crippen molar-refractivity contribution >= 4 is 34.6 Å². The third kappa shape index (κ3) is 4.10. The molecular weight excluding hydrogens is 403 g/mol. The number of carbonyl (C=O) groups is 1. The van der Waals surface area contributed by atoms with Gasteiger partial charge in [0.05, 0.1) is 11.4 Å². The maximum absolute atomic E-state index is 14.1. The second kappa shape index (κ2) is 8.16.